The van der Waals surface area contributed by atoms with Crippen LogP contribution in [0.5, 0.6) is 0 Å². The number of ether oxygens (including phenoxy) is 2. The largest absolute Gasteiger partial charge is 0.464 e. The predicted molar refractivity (Wildman–Crippen MR) is 85.5 cm³/mol. The molecular formula is C17H20ClNO9. The second-order valence-electron chi connectivity index (χ2n) is 5.22. The highest BCUT2D eigenvalue weighted by molar-refractivity contribution is 6.06. The Balaban J connectivity index is 0.000000696. The van der Waals surface area contributed by atoms with Gasteiger partial charge in [-0.25, -0.2) is 9.59 Å². The summed E-state index contributed by atoms with van der Waals surface area (Å²) < 4.78 is 48.4. The Labute approximate surface area is 163 Å². The van der Waals surface area contributed by atoms with Crippen LogP contribution in [0.1, 0.15) is 46.0 Å². The lowest BCUT2D eigenvalue weighted by Gasteiger charge is -2.16. The van der Waals surface area contributed by atoms with Gasteiger partial charge in [-0.2, -0.15) is 14.0 Å². The van der Waals surface area contributed by atoms with Gasteiger partial charge in [0.1, 0.15) is 5.76 Å². The van der Waals surface area contributed by atoms with Crippen LogP contribution in [-0.2, 0) is 9.47 Å². The number of carbonyl (C=O) groups excluding carboxylic acids is 2. The minimum Gasteiger partial charge on any atom is -0.464 e. The van der Waals surface area contributed by atoms with Gasteiger partial charge in [-0.15, -0.1) is 0 Å². The highest BCUT2D eigenvalue weighted by atomic mass is 35.7. The molecule has 0 atom stereocenters. The minimum absolute atomic E-state index is 0.218. The monoisotopic (exact) mass is 417 g/mol. The van der Waals surface area contributed by atoms with Crippen molar-refractivity contribution in [2.45, 2.75) is 27.7 Å². The van der Waals surface area contributed by atoms with E-state index < -0.39 is 22.2 Å². The summed E-state index contributed by atoms with van der Waals surface area (Å²) in [7, 11) is -4.69. The quantitative estimate of drug-likeness (QED) is 0.607. The number of furan rings is 1. The fraction of sp³-hybridized carbons (Fsp3) is 0.353. The highest BCUT2D eigenvalue weighted by Gasteiger charge is 2.29. The molecule has 2 heterocycles. The zero-order chi connectivity index (χ0) is 21.5. The van der Waals surface area contributed by atoms with Crippen molar-refractivity contribution in [2.75, 3.05) is 13.2 Å². The van der Waals surface area contributed by atoms with Gasteiger partial charge in [-0.3, -0.25) is 4.98 Å². The molecule has 2 aromatic heterocycles. The van der Waals surface area contributed by atoms with Crippen molar-refractivity contribution in [1.29, 1.82) is 0 Å². The maximum Gasteiger partial charge on any atom is 0.340 e. The summed E-state index contributed by atoms with van der Waals surface area (Å²) in [6.45, 7) is 7.26. The van der Waals surface area contributed by atoms with Crippen molar-refractivity contribution in [3.63, 3.8) is 0 Å². The third kappa shape index (κ3) is 6.59. The van der Waals surface area contributed by atoms with Gasteiger partial charge in [-0.05, 0) is 39.8 Å². The first-order chi connectivity index (χ1) is 13.0. The minimum atomic E-state index is -4.69. The Morgan fingerprint density at radius 1 is 1.07 bits per heavy atom. The summed E-state index contributed by atoms with van der Waals surface area (Å²) in [4.78, 5) is 29.0. The fourth-order valence-electron chi connectivity index (χ4n) is 2.42. The summed E-state index contributed by atoms with van der Waals surface area (Å²) in [5, 5.41) is 0. The van der Waals surface area contributed by atoms with E-state index in [2.05, 4.69) is 4.98 Å². The number of aromatic nitrogens is 1. The van der Waals surface area contributed by atoms with E-state index in [0.717, 1.165) is 0 Å². The molecule has 0 fully saturated rings. The van der Waals surface area contributed by atoms with Gasteiger partial charge in [0.25, 0.3) is 0 Å². The van der Waals surface area contributed by atoms with Crippen LogP contribution in [0, 0.1) is 24.1 Å². The number of nitrogens with zero attached hydrogens (tertiary/aromatic N) is 1. The van der Waals surface area contributed by atoms with E-state index in [1.54, 1.807) is 39.8 Å². The summed E-state index contributed by atoms with van der Waals surface area (Å²) in [6, 6.07) is 3.37. The Kier molecular flexibility index (Phi) is 8.54. The highest BCUT2D eigenvalue weighted by Crippen LogP contribution is 2.32. The molecule has 10 nitrogen and oxygen atoms in total. The van der Waals surface area contributed by atoms with Crippen LogP contribution >= 0.6 is 0 Å². The third-order valence-corrected chi connectivity index (χ3v) is 3.29. The van der Waals surface area contributed by atoms with Gasteiger partial charge in [0.2, 0.25) is 0 Å². The fourth-order valence-corrected chi connectivity index (χ4v) is 2.42. The first-order valence-electron chi connectivity index (χ1n) is 8.03. The molecular weight excluding hydrogens is 398 g/mol. The van der Waals surface area contributed by atoms with Crippen LogP contribution in [0.4, 0.5) is 0 Å². The number of esters is 2. The maximum atomic E-state index is 12.4. The van der Waals surface area contributed by atoms with Crippen molar-refractivity contribution in [1.82, 2.24) is 4.98 Å². The van der Waals surface area contributed by atoms with Crippen molar-refractivity contribution in [3.8, 4) is 11.3 Å². The number of hydrogen-bond donors (Lipinski definition) is 1. The number of aryl methyl sites for hydroxylation is 2. The molecule has 0 bridgehead atoms. The Morgan fingerprint density at radius 2 is 1.50 bits per heavy atom. The molecule has 0 amide bonds. The van der Waals surface area contributed by atoms with Crippen molar-refractivity contribution in [3.05, 3.63) is 40.9 Å². The Hall–Kier alpha value is -2.50. The second-order valence-corrected chi connectivity index (χ2v) is 6.01. The zero-order valence-electron chi connectivity index (χ0n) is 15.7. The van der Waals surface area contributed by atoms with Crippen molar-refractivity contribution < 1.29 is 52.4 Å². The van der Waals surface area contributed by atoms with Gasteiger partial charge in [0.05, 0.1) is 56.9 Å². The number of rotatable bonds is 5. The van der Waals surface area contributed by atoms with E-state index in [1.807, 2.05) is 0 Å². The van der Waals surface area contributed by atoms with E-state index in [1.165, 1.54) is 6.26 Å². The van der Waals surface area contributed by atoms with Crippen LogP contribution in [0.3, 0.4) is 0 Å². The predicted octanol–water partition coefficient (Wildman–Crippen LogP) is -0.812. The second kappa shape index (κ2) is 10.2. The SMILES string of the molecule is CCOC(=O)c1c(C)nc(C)c(C(=O)OCC)c1-c1ccco1.[O-][Cl+3]([O-])([O-])O. The van der Waals surface area contributed by atoms with Crippen LogP contribution in [-0.4, -0.2) is 34.8 Å². The van der Waals surface area contributed by atoms with E-state index in [0.29, 0.717) is 22.7 Å². The molecule has 0 aliphatic heterocycles. The van der Waals surface area contributed by atoms with Crippen molar-refractivity contribution in [2.24, 2.45) is 0 Å². The Morgan fingerprint density at radius 3 is 1.82 bits per heavy atom. The van der Waals surface area contributed by atoms with Gasteiger partial charge < -0.3 is 13.9 Å². The number of pyridine rings is 1. The summed E-state index contributed by atoms with van der Waals surface area (Å²) >= 11 is 0. The number of carbonyl (C=O) groups is 2. The average Bonchev–Trinajstić information content (AvgIpc) is 3.06. The molecule has 0 radical (unpaired) electrons. The third-order valence-electron chi connectivity index (χ3n) is 3.29. The summed E-state index contributed by atoms with van der Waals surface area (Å²) in [5.41, 5.74) is 1.74. The lowest BCUT2D eigenvalue weighted by atomic mass is 9.96. The van der Waals surface area contributed by atoms with E-state index in [-0.39, 0.29) is 24.3 Å². The molecule has 0 saturated heterocycles. The molecule has 28 heavy (non-hydrogen) atoms. The molecule has 2 aromatic rings. The first kappa shape index (κ1) is 23.5. The van der Waals surface area contributed by atoms with Gasteiger partial charge >= 0.3 is 11.9 Å². The molecule has 0 spiro atoms. The van der Waals surface area contributed by atoms with Crippen LogP contribution in [0.25, 0.3) is 11.3 Å². The van der Waals surface area contributed by atoms with Crippen LogP contribution < -0.4 is 14.0 Å². The standard InChI is InChI=1S/C17H19NO5.ClHO4/c1-5-21-16(19)13-10(3)18-11(4)14(17(20)22-6-2)15(13)12-8-7-9-23-12;2-1(3,4)5/h7-9H,5-6H2,1-4H3;(H,2,3,4,5). The van der Waals surface area contributed by atoms with E-state index in [9.17, 15) is 9.59 Å². The molecule has 11 heteroatoms. The molecule has 1 N–H and O–H groups in total. The van der Waals surface area contributed by atoms with E-state index in [4.69, 9.17) is 32.5 Å². The van der Waals surface area contributed by atoms with E-state index >= 15 is 0 Å². The molecule has 0 unspecified atom stereocenters. The van der Waals surface area contributed by atoms with Crippen LogP contribution in [0.15, 0.2) is 22.8 Å². The normalized spacial score (nSPS) is 10.7. The Bertz CT molecular complexity index is 765. The molecule has 0 aliphatic rings. The molecule has 154 valence electrons. The van der Waals surface area contributed by atoms with Gasteiger partial charge in [-0.1, -0.05) is 0 Å². The maximum absolute atomic E-state index is 12.4. The molecule has 0 saturated carbocycles. The molecule has 0 aliphatic carbocycles. The smallest absolute Gasteiger partial charge is 0.340 e. The topological polar surface area (TPSA) is 168 Å². The van der Waals surface area contributed by atoms with Gasteiger partial charge in [0, 0.05) is 5.56 Å². The number of halogens is 1. The number of hydrogen-bond acceptors (Lipinski definition) is 10. The average molecular weight is 418 g/mol. The molecule has 0 aromatic carbocycles. The summed E-state index contributed by atoms with van der Waals surface area (Å²) in [6.07, 6.45) is 1.48. The van der Waals surface area contributed by atoms with Crippen LogP contribution in [0.2, 0.25) is 0 Å². The lowest BCUT2D eigenvalue weighted by molar-refractivity contribution is -1.92. The van der Waals surface area contributed by atoms with Gasteiger partial charge in [0.15, 0.2) is 0 Å². The zero-order valence-corrected chi connectivity index (χ0v) is 16.4. The molecule has 2 rings (SSSR count). The first-order valence-corrected chi connectivity index (χ1v) is 9.30. The summed E-state index contributed by atoms with van der Waals surface area (Å²) in [5.74, 6) is -0.700. The van der Waals surface area contributed by atoms with Crippen molar-refractivity contribution >= 4 is 11.9 Å². The lowest BCUT2D eigenvalue weighted by Crippen LogP contribution is -2.58.